The molecule has 1 aliphatic heterocycles. The molecule has 1 aliphatic rings. The third-order valence-electron chi connectivity index (χ3n) is 7.24. The van der Waals surface area contributed by atoms with Crippen molar-refractivity contribution in [2.75, 3.05) is 18.0 Å². The Bertz CT molecular complexity index is 1720. The van der Waals surface area contributed by atoms with Crippen LogP contribution in [0.3, 0.4) is 0 Å². The minimum Gasteiger partial charge on any atom is -0.444 e. The molecule has 2 amide bonds. The highest BCUT2D eigenvalue weighted by molar-refractivity contribution is 6.10. The topological polar surface area (TPSA) is 92.9 Å². The van der Waals surface area contributed by atoms with Crippen molar-refractivity contribution in [1.29, 1.82) is 0 Å². The predicted molar refractivity (Wildman–Crippen MR) is 158 cm³/mol. The molecule has 0 saturated carbocycles. The second-order valence-electron chi connectivity index (χ2n) is 11.3. The number of rotatable bonds is 4. The second-order valence-corrected chi connectivity index (χ2v) is 11.3. The first-order valence-electron chi connectivity index (χ1n) is 13.8. The number of benzene rings is 2. The first kappa shape index (κ1) is 26.4. The van der Waals surface area contributed by atoms with E-state index in [4.69, 9.17) is 9.72 Å². The second kappa shape index (κ2) is 10.6. The van der Waals surface area contributed by atoms with Gasteiger partial charge in [-0.1, -0.05) is 36.4 Å². The summed E-state index contributed by atoms with van der Waals surface area (Å²) in [7, 11) is 0. The van der Waals surface area contributed by atoms with E-state index in [9.17, 15) is 9.59 Å². The van der Waals surface area contributed by atoms with Gasteiger partial charge in [0.15, 0.2) is 5.65 Å². The third kappa shape index (κ3) is 5.35. The smallest absolute Gasteiger partial charge is 0.410 e. The summed E-state index contributed by atoms with van der Waals surface area (Å²) >= 11 is 0. The molecule has 0 N–H and O–H groups in total. The number of hydrogen-bond donors (Lipinski definition) is 0. The van der Waals surface area contributed by atoms with E-state index in [1.165, 1.54) is 0 Å². The highest BCUT2D eigenvalue weighted by Gasteiger charge is 2.35. The average Bonchev–Trinajstić information content (AvgIpc) is 3.41. The lowest BCUT2D eigenvalue weighted by molar-refractivity contribution is 0.0196. The molecule has 6 rings (SSSR count). The van der Waals surface area contributed by atoms with Crippen molar-refractivity contribution in [2.45, 2.75) is 45.3 Å². The molecule has 0 aliphatic carbocycles. The van der Waals surface area contributed by atoms with Crippen molar-refractivity contribution in [2.24, 2.45) is 0 Å². The molecule has 208 valence electrons. The number of nitrogens with zero attached hydrogens (tertiary/aromatic N) is 6. The van der Waals surface area contributed by atoms with E-state index < -0.39 is 5.60 Å². The number of carbonyl (C=O) groups excluding carboxylic acids is 2. The zero-order valence-corrected chi connectivity index (χ0v) is 23.4. The lowest BCUT2D eigenvalue weighted by atomic mass is 10.0. The van der Waals surface area contributed by atoms with Gasteiger partial charge in [0.1, 0.15) is 11.4 Å². The largest absolute Gasteiger partial charge is 0.444 e. The highest BCUT2D eigenvalue weighted by Crippen LogP contribution is 2.31. The summed E-state index contributed by atoms with van der Waals surface area (Å²) in [4.78, 5) is 39.9. The van der Waals surface area contributed by atoms with Crippen LogP contribution in [0.25, 0.3) is 27.5 Å². The molecular formula is C32H32N6O3. The molecule has 1 fully saturated rings. The number of amides is 2. The van der Waals surface area contributed by atoms with E-state index in [0.29, 0.717) is 24.5 Å². The van der Waals surface area contributed by atoms with Crippen LogP contribution in [0.4, 0.5) is 10.6 Å². The molecule has 0 unspecified atom stereocenters. The first-order valence-corrected chi connectivity index (χ1v) is 13.8. The van der Waals surface area contributed by atoms with Gasteiger partial charge in [-0.2, -0.15) is 5.10 Å². The van der Waals surface area contributed by atoms with Crippen LogP contribution in [0.15, 0.2) is 85.5 Å². The van der Waals surface area contributed by atoms with E-state index in [0.717, 1.165) is 40.4 Å². The van der Waals surface area contributed by atoms with Crippen LogP contribution in [0.2, 0.25) is 0 Å². The maximum absolute atomic E-state index is 14.3. The summed E-state index contributed by atoms with van der Waals surface area (Å²) in [5, 5.41) is 6.26. The number of fused-ring (bicyclic) bond motifs is 2. The molecule has 0 spiro atoms. The maximum Gasteiger partial charge on any atom is 0.410 e. The Hall–Kier alpha value is -4.79. The van der Waals surface area contributed by atoms with Gasteiger partial charge in [-0.05, 0) is 68.8 Å². The molecule has 3 aromatic heterocycles. The molecule has 9 heteroatoms. The molecule has 5 aromatic rings. The van der Waals surface area contributed by atoms with Crippen molar-refractivity contribution in [3.8, 4) is 11.1 Å². The number of anilines is 1. The Morgan fingerprint density at radius 1 is 0.976 bits per heavy atom. The molecule has 41 heavy (non-hydrogen) atoms. The minimum atomic E-state index is -0.602. The van der Waals surface area contributed by atoms with Crippen molar-refractivity contribution < 1.29 is 14.3 Å². The van der Waals surface area contributed by atoms with Crippen LogP contribution in [0.1, 0.15) is 44.0 Å². The Morgan fingerprint density at radius 2 is 1.78 bits per heavy atom. The molecular weight excluding hydrogens is 516 g/mol. The fourth-order valence-corrected chi connectivity index (χ4v) is 5.35. The van der Waals surface area contributed by atoms with Gasteiger partial charge in [0, 0.05) is 48.2 Å². The van der Waals surface area contributed by atoms with Crippen LogP contribution in [-0.2, 0) is 4.74 Å². The number of likely N-dealkylation sites (tertiary alicyclic amines) is 1. The standard InChI is InChI=1S/C32H32N6O3/c1-32(2,3)41-31(40)36-18-6-9-25(21-36)38(29-26-10-5-4-8-22(26)15-17-34-29)30(39)24-13-11-23(12-14-24)27-20-35-37-19-7-16-33-28(27)37/h4-5,7-8,10-17,19-20,25H,6,9,18,21H2,1-3H3/t25-/m1/s1. The third-order valence-corrected chi connectivity index (χ3v) is 7.24. The molecule has 1 atom stereocenters. The van der Waals surface area contributed by atoms with Gasteiger partial charge in [0.2, 0.25) is 0 Å². The number of pyridine rings is 1. The summed E-state index contributed by atoms with van der Waals surface area (Å²) in [6.45, 7) is 6.51. The van der Waals surface area contributed by atoms with Crippen LogP contribution >= 0.6 is 0 Å². The van der Waals surface area contributed by atoms with Crippen LogP contribution in [0, 0.1) is 0 Å². The summed E-state index contributed by atoms with van der Waals surface area (Å²) in [6, 6.07) is 18.9. The van der Waals surface area contributed by atoms with Crippen molar-refractivity contribution in [3.63, 3.8) is 0 Å². The fourth-order valence-electron chi connectivity index (χ4n) is 5.35. The monoisotopic (exact) mass is 548 g/mol. The molecule has 0 radical (unpaired) electrons. The lowest BCUT2D eigenvalue weighted by Gasteiger charge is -2.39. The summed E-state index contributed by atoms with van der Waals surface area (Å²) in [6.07, 6.45) is 8.21. The van der Waals surface area contributed by atoms with Gasteiger partial charge < -0.3 is 9.64 Å². The van der Waals surface area contributed by atoms with Crippen molar-refractivity contribution >= 4 is 34.2 Å². The van der Waals surface area contributed by atoms with E-state index >= 15 is 0 Å². The Balaban J connectivity index is 1.36. The van der Waals surface area contributed by atoms with Crippen molar-refractivity contribution in [1.82, 2.24) is 24.5 Å². The predicted octanol–water partition coefficient (Wildman–Crippen LogP) is 5.99. The fraction of sp³-hybridized carbons (Fsp3) is 0.281. The average molecular weight is 549 g/mol. The Labute approximate surface area is 238 Å². The van der Waals surface area contributed by atoms with Gasteiger partial charge in [0.05, 0.1) is 12.2 Å². The van der Waals surface area contributed by atoms with Crippen LogP contribution in [-0.4, -0.2) is 61.2 Å². The number of ether oxygens (including phenoxy) is 1. The van der Waals surface area contributed by atoms with Crippen molar-refractivity contribution in [3.05, 3.63) is 91.0 Å². The van der Waals surface area contributed by atoms with Gasteiger partial charge in [-0.15, -0.1) is 0 Å². The Morgan fingerprint density at radius 3 is 2.59 bits per heavy atom. The van der Waals surface area contributed by atoms with E-state index in [2.05, 4.69) is 10.1 Å². The zero-order valence-electron chi connectivity index (χ0n) is 23.4. The quantitative estimate of drug-likeness (QED) is 0.274. The Kier molecular flexibility index (Phi) is 6.86. The van der Waals surface area contributed by atoms with E-state index in [-0.39, 0.29) is 18.0 Å². The van der Waals surface area contributed by atoms with Crippen LogP contribution in [0.5, 0.6) is 0 Å². The summed E-state index contributed by atoms with van der Waals surface area (Å²) < 4.78 is 7.39. The molecule has 9 nitrogen and oxygen atoms in total. The summed E-state index contributed by atoms with van der Waals surface area (Å²) in [5.41, 5.74) is 2.48. The molecule has 1 saturated heterocycles. The van der Waals surface area contributed by atoms with E-state index in [1.54, 1.807) is 32.9 Å². The maximum atomic E-state index is 14.3. The van der Waals surface area contributed by atoms with Gasteiger partial charge >= 0.3 is 6.09 Å². The van der Waals surface area contributed by atoms with E-state index in [1.807, 2.05) is 87.6 Å². The minimum absolute atomic E-state index is 0.172. The molecule has 4 heterocycles. The zero-order chi connectivity index (χ0) is 28.6. The van der Waals surface area contributed by atoms with Gasteiger partial charge in [-0.25, -0.2) is 19.3 Å². The SMILES string of the molecule is CC(C)(C)OC(=O)N1CCC[C@@H](N(C(=O)c2ccc(-c3cnn4cccnc34)cc2)c2nccc3ccccc23)C1. The van der Waals surface area contributed by atoms with Gasteiger partial charge in [0.25, 0.3) is 5.91 Å². The number of hydrogen-bond acceptors (Lipinski definition) is 6. The number of aromatic nitrogens is 4. The highest BCUT2D eigenvalue weighted by atomic mass is 16.6. The van der Waals surface area contributed by atoms with Gasteiger partial charge in [-0.3, -0.25) is 9.69 Å². The van der Waals surface area contributed by atoms with Crippen LogP contribution < -0.4 is 4.90 Å². The molecule has 2 aromatic carbocycles. The number of carbonyl (C=O) groups is 2. The number of piperidine rings is 1. The normalized spacial score (nSPS) is 15.7. The first-order chi connectivity index (χ1) is 19.8. The molecule has 0 bridgehead atoms. The summed E-state index contributed by atoms with van der Waals surface area (Å²) in [5.74, 6) is 0.412. The lowest BCUT2D eigenvalue weighted by Crippen LogP contribution is -2.53.